The minimum absolute atomic E-state index is 0.0399. The Hall–Kier alpha value is -0.900. The fourth-order valence-corrected chi connectivity index (χ4v) is 3.40. The summed E-state index contributed by atoms with van der Waals surface area (Å²) in [6.07, 6.45) is 4.96. The van der Waals surface area contributed by atoms with Crippen molar-refractivity contribution in [3.8, 4) is 0 Å². The van der Waals surface area contributed by atoms with Crippen molar-refractivity contribution in [1.29, 1.82) is 0 Å². The Balaban J connectivity index is 1.63. The van der Waals surface area contributed by atoms with Gasteiger partial charge in [0.15, 0.2) is 0 Å². The topological polar surface area (TPSA) is 40.6 Å². The van der Waals surface area contributed by atoms with Gasteiger partial charge in [-0.3, -0.25) is 14.5 Å². The van der Waals surface area contributed by atoms with Crippen LogP contribution in [0.5, 0.6) is 0 Å². The van der Waals surface area contributed by atoms with Crippen molar-refractivity contribution in [3.05, 3.63) is 0 Å². The maximum Gasteiger partial charge on any atom is 0.235 e. The first-order valence-electron chi connectivity index (χ1n) is 7.22. The average molecular weight is 250 g/mol. The molecule has 4 heteroatoms. The van der Waals surface area contributed by atoms with Crippen molar-refractivity contribution >= 4 is 11.8 Å². The van der Waals surface area contributed by atoms with Crippen LogP contribution >= 0.6 is 0 Å². The molecule has 100 valence electrons. The second-order valence-corrected chi connectivity index (χ2v) is 6.14. The first kappa shape index (κ1) is 12.2. The molecule has 3 fully saturated rings. The number of rotatable bonds is 3. The lowest BCUT2D eigenvalue weighted by Gasteiger charge is -2.37. The standard InChI is InChI=1S/C14H22N2O2/c1-2-16-12(17)9-14(13(16)18)5-7-15(8-6-14)10-11-3-4-11/h11H,2-10H2,1H3. The fraction of sp³-hybridized carbons (Fsp3) is 0.857. The van der Waals surface area contributed by atoms with Gasteiger partial charge >= 0.3 is 0 Å². The van der Waals surface area contributed by atoms with Crippen LogP contribution in [-0.4, -0.2) is 47.8 Å². The van der Waals surface area contributed by atoms with E-state index in [4.69, 9.17) is 0 Å². The second-order valence-electron chi connectivity index (χ2n) is 6.14. The summed E-state index contributed by atoms with van der Waals surface area (Å²) in [5, 5.41) is 0. The Morgan fingerprint density at radius 2 is 1.89 bits per heavy atom. The molecule has 0 radical (unpaired) electrons. The van der Waals surface area contributed by atoms with E-state index in [1.165, 1.54) is 24.3 Å². The lowest BCUT2D eigenvalue weighted by molar-refractivity contribution is -0.142. The summed E-state index contributed by atoms with van der Waals surface area (Å²) in [7, 11) is 0. The van der Waals surface area contributed by atoms with E-state index < -0.39 is 0 Å². The van der Waals surface area contributed by atoms with Gasteiger partial charge in [-0.2, -0.15) is 0 Å². The summed E-state index contributed by atoms with van der Waals surface area (Å²) in [6, 6.07) is 0. The quantitative estimate of drug-likeness (QED) is 0.708. The zero-order valence-corrected chi connectivity index (χ0v) is 11.2. The van der Waals surface area contributed by atoms with Crippen molar-refractivity contribution < 1.29 is 9.59 Å². The maximum absolute atomic E-state index is 12.4. The Morgan fingerprint density at radius 1 is 1.22 bits per heavy atom. The maximum atomic E-state index is 12.4. The van der Waals surface area contributed by atoms with Crippen molar-refractivity contribution in [2.75, 3.05) is 26.2 Å². The molecule has 18 heavy (non-hydrogen) atoms. The van der Waals surface area contributed by atoms with E-state index in [1.807, 2.05) is 6.92 Å². The smallest absolute Gasteiger partial charge is 0.235 e. The summed E-state index contributed by atoms with van der Waals surface area (Å²) >= 11 is 0. The molecule has 1 saturated carbocycles. The van der Waals surface area contributed by atoms with E-state index in [1.54, 1.807) is 0 Å². The molecule has 1 aliphatic carbocycles. The highest BCUT2D eigenvalue weighted by Crippen LogP contribution is 2.42. The molecular formula is C14H22N2O2. The SMILES string of the molecule is CCN1C(=O)CC2(CCN(CC3CC3)CC2)C1=O. The van der Waals surface area contributed by atoms with Crippen LogP contribution in [0.2, 0.25) is 0 Å². The van der Waals surface area contributed by atoms with Gasteiger partial charge in [0.1, 0.15) is 0 Å². The molecule has 2 heterocycles. The van der Waals surface area contributed by atoms with Crippen LogP contribution in [0, 0.1) is 11.3 Å². The summed E-state index contributed by atoms with van der Waals surface area (Å²) < 4.78 is 0. The Labute approximate surface area is 108 Å². The molecule has 2 saturated heterocycles. The Morgan fingerprint density at radius 3 is 2.39 bits per heavy atom. The van der Waals surface area contributed by atoms with Crippen LogP contribution in [0.15, 0.2) is 0 Å². The van der Waals surface area contributed by atoms with Gasteiger partial charge in [-0.05, 0) is 51.6 Å². The molecule has 0 N–H and O–H groups in total. The number of nitrogens with zero attached hydrogens (tertiary/aromatic N) is 2. The molecule has 4 nitrogen and oxygen atoms in total. The summed E-state index contributed by atoms with van der Waals surface area (Å²) in [5.74, 6) is 1.05. The predicted molar refractivity (Wildman–Crippen MR) is 67.8 cm³/mol. The van der Waals surface area contributed by atoms with Gasteiger partial charge in [0.2, 0.25) is 11.8 Å². The molecule has 2 aliphatic heterocycles. The number of hydrogen-bond acceptors (Lipinski definition) is 3. The highest BCUT2D eigenvalue weighted by molar-refractivity contribution is 6.05. The number of hydrogen-bond donors (Lipinski definition) is 0. The summed E-state index contributed by atoms with van der Waals surface area (Å²) in [6.45, 7) is 5.61. The van der Waals surface area contributed by atoms with E-state index in [2.05, 4.69) is 4.90 Å². The molecule has 0 unspecified atom stereocenters. The van der Waals surface area contributed by atoms with E-state index in [-0.39, 0.29) is 17.2 Å². The zero-order chi connectivity index (χ0) is 12.8. The largest absolute Gasteiger partial charge is 0.303 e. The number of piperidine rings is 1. The normalized spacial score (nSPS) is 28.4. The molecule has 2 amide bonds. The molecular weight excluding hydrogens is 228 g/mol. The van der Waals surface area contributed by atoms with Crippen LogP contribution in [-0.2, 0) is 9.59 Å². The van der Waals surface area contributed by atoms with Crippen molar-refractivity contribution in [1.82, 2.24) is 9.80 Å². The van der Waals surface area contributed by atoms with E-state index in [0.29, 0.717) is 13.0 Å². The molecule has 3 rings (SSSR count). The molecule has 1 spiro atoms. The molecule has 0 aromatic carbocycles. The molecule has 0 aromatic rings. The third kappa shape index (κ3) is 1.96. The lowest BCUT2D eigenvalue weighted by Crippen LogP contribution is -2.45. The monoisotopic (exact) mass is 250 g/mol. The second kappa shape index (κ2) is 4.34. The first-order chi connectivity index (χ1) is 8.64. The van der Waals surface area contributed by atoms with Gasteiger partial charge in [0.05, 0.1) is 5.41 Å². The minimum Gasteiger partial charge on any atom is -0.303 e. The summed E-state index contributed by atoms with van der Waals surface area (Å²) in [5.41, 5.74) is -0.340. The zero-order valence-electron chi connectivity index (χ0n) is 11.2. The van der Waals surface area contributed by atoms with Crippen LogP contribution in [0.4, 0.5) is 0 Å². The van der Waals surface area contributed by atoms with E-state index in [9.17, 15) is 9.59 Å². The molecule has 3 aliphatic rings. The van der Waals surface area contributed by atoms with Gasteiger partial charge in [-0.1, -0.05) is 0 Å². The highest BCUT2D eigenvalue weighted by atomic mass is 16.2. The molecule has 0 aromatic heterocycles. The van der Waals surface area contributed by atoms with Gasteiger partial charge < -0.3 is 4.90 Å². The Bertz CT molecular complexity index is 368. The number of amides is 2. The third-order valence-electron chi connectivity index (χ3n) is 4.83. The number of carbonyl (C=O) groups is 2. The van der Waals surface area contributed by atoms with Crippen LogP contribution in [0.1, 0.15) is 39.0 Å². The van der Waals surface area contributed by atoms with Crippen LogP contribution in [0.3, 0.4) is 0 Å². The predicted octanol–water partition coefficient (Wildman–Crippen LogP) is 1.26. The van der Waals surface area contributed by atoms with E-state index in [0.717, 1.165) is 31.8 Å². The van der Waals surface area contributed by atoms with Gasteiger partial charge in [0.25, 0.3) is 0 Å². The van der Waals surface area contributed by atoms with Gasteiger partial charge in [-0.15, -0.1) is 0 Å². The first-order valence-corrected chi connectivity index (χ1v) is 7.22. The number of carbonyl (C=O) groups excluding carboxylic acids is 2. The van der Waals surface area contributed by atoms with Crippen molar-refractivity contribution in [2.24, 2.45) is 11.3 Å². The fourth-order valence-electron chi connectivity index (χ4n) is 3.40. The van der Waals surface area contributed by atoms with Crippen molar-refractivity contribution in [3.63, 3.8) is 0 Å². The highest BCUT2D eigenvalue weighted by Gasteiger charge is 2.52. The van der Waals surface area contributed by atoms with Crippen LogP contribution < -0.4 is 0 Å². The van der Waals surface area contributed by atoms with Crippen molar-refractivity contribution in [2.45, 2.75) is 39.0 Å². The van der Waals surface area contributed by atoms with Gasteiger partial charge in [-0.25, -0.2) is 0 Å². The lowest BCUT2D eigenvalue weighted by atomic mass is 9.77. The minimum atomic E-state index is -0.340. The van der Waals surface area contributed by atoms with Gasteiger partial charge in [0, 0.05) is 19.5 Å². The molecule has 0 bridgehead atoms. The molecule has 0 atom stereocenters. The van der Waals surface area contributed by atoms with Crippen LogP contribution in [0.25, 0.3) is 0 Å². The van der Waals surface area contributed by atoms with E-state index >= 15 is 0 Å². The Kier molecular flexibility index (Phi) is 2.93. The number of likely N-dealkylation sites (tertiary alicyclic amines) is 2. The average Bonchev–Trinajstić information content (AvgIpc) is 3.12. The summed E-state index contributed by atoms with van der Waals surface area (Å²) in [4.78, 5) is 28.1. The number of imide groups is 1. The third-order valence-corrected chi connectivity index (χ3v) is 4.83.